The fraction of sp³-hybridized carbons (Fsp3) is 0.519. The Morgan fingerprint density at radius 2 is 1.86 bits per heavy atom. The zero-order chi connectivity index (χ0) is 26.7. The monoisotopic (exact) mass is 512 g/mol. The van der Waals surface area contributed by atoms with Gasteiger partial charge in [0, 0.05) is 6.20 Å². The van der Waals surface area contributed by atoms with Crippen LogP contribution in [0.2, 0.25) is 5.04 Å². The van der Waals surface area contributed by atoms with Crippen LogP contribution < -0.4 is 4.74 Å². The molecule has 0 bridgehead atoms. The van der Waals surface area contributed by atoms with Crippen molar-refractivity contribution < 1.29 is 28.6 Å². The Balaban J connectivity index is 1.99. The molecule has 0 aliphatic carbocycles. The van der Waals surface area contributed by atoms with Crippen molar-refractivity contribution in [2.45, 2.75) is 76.7 Å². The third-order valence-electron chi connectivity index (χ3n) is 6.18. The zero-order valence-corrected chi connectivity index (χ0v) is 23.1. The van der Waals surface area contributed by atoms with Gasteiger partial charge in [0.2, 0.25) is 21.6 Å². The first-order valence-corrected chi connectivity index (χ1v) is 13.0. The zero-order valence-electron chi connectivity index (χ0n) is 22.1. The summed E-state index contributed by atoms with van der Waals surface area (Å²) in [4.78, 5) is 31.6. The first kappa shape index (κ1) is 27.8. The highest BCUT2D eigenvalue weighted by Crippen LogP contribution is 2.43. The molecule has 1 aromatic carbocycles. The molecule has 2 heterocycles. The van der Waals surface area contributed by atoms with Crippen LogP contribution in [0.4, 0.5) is 4.79 Å². The molecule has 3 rings (SSSR count). The van der Waals surface area contributed by atoms with Crippen LogP contribution in [-0.2, 0) is 25.2 Å². The van der Waals surface area contributed by atoms with Crippen LogP contribution in [0.3, 0.4) is 0 Å². The molecule has 2 radical (unpaired) electrons. The van der Waals surface area contributed by atoms with Crippen LogP contribution in [0.25, 0.3) is 0 Å². The van der Waals surface area contributed by atoms with Crippen LogP contribution in [0.1, 0.15) is 77.1 Å². The van der Waals surface area contributed by atoms with E-state index in [9.17, 15) is 14.7 Å². The van der Waals surface area contributed by atoms with E-state index < -0.39 is 29.2 Å². The van der Waals surface area contributed by atoms with Crippen LogP contribution in [-0.4, -0.2) is 50.5 Å². The van der Waals surface area contributed by atoms with Gasteiger partial charge in [-0.1, -0.05) is 58.0 Å². The molecule has 1 aliphatic rings. The largest absolute Gasteiger partial charge is 0.481 e. The molecule has 1 N–H and O–H groups in total. The number of imide groups is 1. The van der Waals surface area contributed by atoms with Gasteiger partial charge in [0.25, 0.3) is 0 Å². The number of hydrogen-bond donors (Lipinski definition) is 1. The summed E-state index contributed by atoms with van der Waals surface area (Å²) in [5, 5.41) is 11.9. The molecule has 1 aliphatic heterocycles. The van der Waals surface area contributed by atoms with E-state index in [-0.39, 0.29) is 34.2 Å². The predicted molar refractivity (Wildman–Crippen MR) is 137 cm³/mol. The van der Waals surface area contributed by atoms with Crippen molar-refractivity contribution in [1.29, 1.82) is 0 Å². The second kappa shape index (κ2) is 10.7. The highest BCUT2D eigenvalue weighted by molar-refractivity contribution is 6.31. The predicted octanol–water partition coefficient (Wildman–Crippen LogP) is 4.89. The number of carbonyl (C=O) groups excluding carboxylic acids is 2. The Hall–Kier alpha value is -2.75. The second-order valence-corrected chi connectivity index (χ2v) is 12.4. The van der Waals surface area contributed by atoms with Gasteiger partial charge < -0.3 is 19.0 Å². The number of aromatic nitrogens is 1. The molecule has 9 heteroatoms. The molecule has 1 fully saturated rings. The van der Waals surface area contributed by atoms with Crippen molar-refractivity contribution in [3.63, 3.8) is 0 Å². The molecular weight excluding hydrogens is 476 g/mol. The minimum Gasteiger partial charge on any atom is -0.481 e. The lowest BCUT2D eigenvalue weighted by molar-refractivity contribution is -0.135. The Morgan fingerprint density at radius 3 is 2.44 bits per heavy atom. The lowest BCUT2D eigenvalue weighted by atomic mass is 9.80. The summed E-state index contributed by atoms with van der Waals surface area (Å²) < 4.78 is 17.1. The van der Waals surface area contributed by atoms with E-state index in [1.54, 1.807) is 19.2 Å². The highest BCUT2D eigenvalue weighted by atomic mass is 28.2. The number of nitrogens with zero attached hydrogens (tertiary/aromatic N) is 2. The van der Waals surface area contributed by atoms with Crippen LogP contribution >= 0.6 is 0 Å². The first-order valence-electron chi connectivity index (χ1n) is 12.1. The molecule has 194 valence electrons. The normalized spacial score (nSPS) is 18.1. The summed E-state index contributed by atoms with van der Waals surface area (Å²) in [6.07, 6.45) is 0.728. The van der Waals surface area contributed by atoms with Gasteiger partial charge >= 0.3 is 6.09 Å². The van der Waals surface area contributed by atoms with Gasteiger partial charge in [0.1, 0.15) is 12.6 Å². The van der Waals surface area contributed by atoms with Gasteiger partial charge in [-0.25, -0.2) is 14.7 Å². The topological polar surface area (TPSA) is 98.2 Å². The molecule has 1 saturated heterocycles. The standard InChI is InChI=1S/C27H36N2O6Si/c1-8-27(32,16-21(30)29-20(17-34-24(29)31)18-12-10-9-11-13-18)19-14-15-28-23(33-7)22(19)26(5,6)35-36-25(2,3)4/h9-15,20,32H,8,16-17H2,1-7H3/t20-,27?/m0/s1. The van der Waals surface area contributed by atoms with Crippen molar-refractivity contribution in [3.05, 3.63) is 59.3 Å². The minimum absolute atomic E-state index is 0.0630. The van der Waals surface area contributed by atoms with Gasteiger partial charge in [-0.2, -0.15) is 0 Å². The highest BCUT2D eigenvalue weighted by Gasteiger charge is 2.45. The molecular formula is C27H36N2O6Si. The smallest absolute Gasteiger partial charge is 0.417 e. The molecule has 2 aromatic rings. The fourth-order valence-electron chi connectivity index (χ4n) is 4.26. The molecule has 2 amide bonds. The maximum atomic E-state index is 13.5. The lowest BCUT2D eigenvalue weighted by Crippen LogP contribution is -2.41. The third kappa shape index (κ3) is 5.96. The third-order valence-corrected chi connectivity index (χ3v) is 7.40. The SMILES string of the molecule is CCC(O)(CC(=O)N1C(=O)OC[C@H]1c1ccccc1)c1ccnc(OC)c1C(C)(C)O[Si]C(C)(C)C. The van der Waals surface area contributed by atoms with Crippen LogP contribution in [0, 0.1) is 0 Å². The summed E-state index contributed by atoms with van der Waals surface area (Å²) in [5.41, 5.74) is -0.618. The molecule has 36 heavy (non-hydrogen) atoms. The number of amides is 2. The average molecular weight is 513 g/mol. The van der Waals surface area contributed by atoms with Gasteiger partial charge in [-0.3, -0.25) is 4.79 Å². The van der Waals surface area contributed by atoms with Gasteiger partial charge in [-0.05, 0) is 42.5 Å². The number of aliphatic hydroxyl groups is 1. The Bertz CT molecular complexity index is 1090. The second-order valence-electron chi connectivity index (χ2n) is 10.5. The summed E-state index contributed by atoms with van der Waals surface area (Å²) in [6, 6.07) is 10.4. The Morgan fingerprint density at radius 1 is 1.19 bits per heavy atom. The van der Waals surface area contributed by atoms with Gasteiger partial charge in [-0.15, -0.1) is 0 Å². The molecule has 1 unspecified atom stereocenters. The number of cyclic esters (lactones) is 1. The Kier molecular flexibility index (Phi) is 8.27. The average Bonchev–Trinajstić information content (AvgIpc) is 3.23. The van der Waals surface area contributed by atoms with E-state index >= 15 is 0 Å². The number of hydrogen-bond acceptors (Lipinski definition) is 7. The molecule has 0 spiro atoms. The van der Waals surface area contributed by atoms with Crippen molar-refractivity contribution in [2.75, 3.05) is 13.7 Å². The van der Waals surface area contributed by atoms with Gasteiger partial charge in [0.15, 0.2) is 0 Å². The van der Waals surface area contributed by atoms with Crippen molar-refractivity contribution in [3.8, 4) is 5.88 Å². The van der Waals surface area contributed by atoms with Crippen molar-refractivity contribution >= 4 is 21.8 Å². The van der Waals surface area contributed by atoms with Crippen LogP contribution in [0.5, 0.6) is 5.88 Å². The van der Waals surface area contributed by atoms with Crippen LogP contribution in [0.15, 0.2) is 42.6 Å². The number of carbonyl (C=O) groups is 2. The summed E-state index contributed by atoms with van der Waals surface area (Å²) in [7, 11) is 1.69. The number of ether oxygens (including phenoxy) is 2. The van der Waals surface area contributed by atoms with E-state index in [2.05, 4.69) is 25.8 Å². The van der Waals surface area contributed by atoms with E-state index in [0.29, 0.717) is 17.0 Å². The van der Waals surface area contributed by atoms with E-state index in [1.165, 1.54) is 7.11 Å². The Labute approximate surface area is 215 Å². The summed E-state index contributed by atoms with van der Waals surface area (Å²) in [6.45, 7) is 11.9. The van der Waals surface area contributed by atoms with Crippen molar-refractivity contribution in [2.24, 2.45) is 0 Å². The first-order chi connectivity index (χ1) is 16.8. The maximum Gasteiger partial charge on any atom is 0.417 e. The minimum atomic E-state index is -1.60. The summed E-state index contributed by atoms with van der Waals surface area (Å²) >= 11 is 0. The number of rotatable bonds is 9. The quantitative estimate of drug-likeness (QED) is 0.478. The number of pyridine rings is 1. The number of methoxy groups -OCH3 is 1. The maximum absolute atomic E-state index is 13.5. The number of benzene rings is 1. The molecule has 0 saturated carbocycles. The van der Waals surface area contributed by atoms with E-state index in [4.69, 9.17) is 13.9 Å². The van der Waals surface area contributed by atoms with Gasteiger partial charge in [0.05, 0.1) is 30.3 Å². The molecule has 1 aromatic heterocycles. The van der Waals surface area contributed by atoms with Crippen molar-refractivity contribution in [1.82, 2.24) is 9.88 Å². The summed E-state index contributed by atoms with van der Waals surface area (Å²) in [5.74, 6) is -0.203. The van der Waals surface area contributed by atoms with E-state index in [0.717, 1.165) is 10.5 Å². The fourth-order valence-corrected chi connectivity index (χ4v) is 4.93. The molecule has 8 nitrogen and oxygen atoms in total. The van der Waals surface area contributed by atoms with E-state index in [1.807, 2.05) is 44.2 Å². The lowest BCUT2D eigenvalue weighted by Gasteiger charge is -2.37. The molecule has 2 atom stereocenters.